The Labute approximate surface area is 273 Å². The minimum absolute atomic E-state index is 0.209. The van der Waals surface area contributed by atoms with Gasteiger partial charge in [0.05, 0.1) is 0 Å². The zero-order valence-electron chi connectivity index (χ0n) is 29.5. The topological polar surface area (TPSA) is 76.7 Å². The minimum atomic E-state index is -0.502. The van der Waals surface area contributed by atoms with Gasteiger partial charge in [-0.1, -0.05) is 115 Å². The largest absolute Gasteiger partial charge is 0.457 e. The summed E-state index contributed by atoms with van der Waals surface area (Å²) < 4.78 is 11.6. The van der Waals surface area contributed by atoms with Gasteiger partial charge in [-0.15, -0.1) is 0 Å². The van der Waals surface area contributed by atoms with Crippen LogP contribution in [-0.4, -0.2) is 51.3 Å². The predicted molar refractivity (Wildman–Crippen MR) is 188 cm³/mol. The zero-order chi connectivity index (χ0) is 32.4. The van der Waals surface area contributed by atoms with Crippen LogP contribution in [0.15, 0.2) is 24.3 Å². The van der Waals surface area contributed by atoms with Crippen LogP contribution in [0, 0.1) is 0 Å². The summed E-state index contributed by atoms with van der Waals surface area (Å²) in [6.07, 6.45) is 35.4. The molecule has 0 rings (SSSR count). The molecule has 0 aromatic rings. The highest BCUT2D eigenvalue weighted by atomic mass is 16.6. The Kier molecular flexibility index (Phi) is 32.9. The van der Waals surface area contributed by atoms with Crippen LogP contribution in [0.2, 0.25) is 0 Å². The fourth-order valence-electron chi connectivity index (χ4n) is 5.33. The van der Waals surface area contributed by atoms with Crippen molar-refractivity contribution in [2.45, 2.75) is 180 Å². The van der Waals surface area contributed by atoms with Gasteiger partial charge in [0.1, 0.15) is 0 Å². The van der Waals surface area contributed by atoms with Gasteiger partial charge >= 0.3 is 11.9 Å². The zero-order valence-corrected chi connectivity index (χ0v) is 29.5. The normalized spacial score (nSPS) is 13.1. The number of allylic oxidation sites excluding steroid dienone is 4. The molecular formula is C38H72N2O4. The number of likely N-dealkylation sites (N-methyl/N-ethyl adjacent to an activating group) is 2. The highest BCUT2D eigenvalue weighted by molar-refractivity contribution is 5.70. The number of hydrogen-bond acceptors (Lipinski definition) is 6. The molecule has 44 heavy (non-hydrogen) atoms. The van der Waals surface area contributed by atoms with Crippen molar-refractivity contribution < 1.29 is 19.1 Å². The van der Waals surface area contributed by atoms with E-state index in [1.54, 1.807) is 0 Å². The van der Waals surface area contributed by atoms with E-state index in [4.69, 9.17) is 9.47 Å². The van der Waals surface area contributed by atoms with E-state index in [0.29, 0.717) is 25.9 Å². The molecule has 258 valence electrons. The molecular weight excluding hydrogens is 548 g/mol. The lowest BCUT2D eigenvalue weighted by atomic mass is 10.1. The van der Waals surface area contributed by atoms with E-state index in [1.165, 1.54) is 89.9 Å². The van der Waals surface area contributed by atoms with E-state index < -0.39 is 12.2 Å². The highest BCUT2D eigenvalue weighted by Crippen LogP contribution is 2.14. The van der Waals surface area contributed by atoms with E-state index in [1.807, 2.05) is 14.1 Å². The summed E-state index contributed by atoms with van der Waals surface area (Å²) in [6, 6.07) is 0. The summed E-state index contributed by atoms with van der Waals surface area (Å²) in [4.78, 5) is 25.2. The average Bonchev–Trinajstić information content (AvgIpc) is 3.01. The second-order valence-corrected chi connectivity index (χ2v) is 12.4. The Morgan fingerprint density at radius 3 is 1.09 bits per heavy atom. The Bertz CT molecular complexity index is 636. The van der Waals surface area contributed by atoms with Gasteiger partial charge in [0.25, 0.3) is 0 Å². The van der Waals surface area contributed by atoms with Crippen LogP contribution in [0.25, 0.3) is 0 Å². The Morgan fingerprint density at radius 1 is 0.477 bits per heavy atom. The van der Waals surface area contributed by atoms with Gasteiger partial charge in [-0.25, -0.2) is 0 Å². The van der Waals surface area contributed by atoms with Gasteiger partial charge in [-0.2, -0.15) is 0 Å². The standard InChI is InChI=1S/C38H72N2O4/c1-5-7-9-11-13-15-17-19-21-23-25-27-29-31-37(41)43-35(33-39-3)36(34-40-4)44-38(42)32-30-28-26-24-22-20-18-16-14-12-10-8-6-2/h15-18,35-36,39-40H,5-14,19-34H2,1-4H3/b17-15-,18-16-. The van der Waals surface area contributed by atoms with E-state index in [0.717, 1.165) is 51.4 Å². The smallest absolute Gasteiger partial charge is 0.306 e. The molecule has 0 heterocycles. The molecule has 6 nitrogen and oxygen atoms in total. The number of rotatable bonds is 33. The number of carbonyl (C=O) groups excluding carboxylic acids is 2. The first-order valence-corrected chi connectivity index (χ1v) is 18.6. The van der Waals surface area contributed by atoms with E-state index >= 15 is 0 Å². The van der Waals surface area contributed by atoms with Crippen LogP contribution in [0.4, 0.5) is 0 Å². The van der Waals surface area contributed by atoms with Gasteiger partial charge in [-0.3, -0.25) is 9.59 Å². The van der Waals surface area contributed by atoms with Crippen LogP contribution in [-0.2, 0) is 19.1 Å². The van der Waals surface area contributed by atoms with Gasteiger partial charge in [-0.05, 0) is 78.3 Å². The molecule has 0 aliphatic carbocycles. The van der Waals surface area contributed by atoms with Crippen LogP contribution >= 0.6 is 0 Å². The molecule has 0 saturated heterocycles. The molecule has 0 aromatic carbocycles. The molecule has 0 amide bonds. The minimum Gasteiger partial charge on any atom is -0.457 e. The molecule has 0 aliphatic rings. The molecule has 0 aliphatic heterocycles. The number of nitrogens with one attached hydrogen (secondary N) is 2. The quantitative estimate of drug-likeness (QED) is 0.0432. The SMILES string of the molecule is CCCCCC/C=C\CCCCCCCC(=O)OC(CNC)C(CNC)OC(=O)CCCCCCC/C=C\CCCCCC. The second kappa shape index (κ2) is 34.2. The molecule has 2 N–H and O–H groups in total. The van der Waals surface area contributed by atoms with E-state index in [9.17, 15) is 9.59 Å². The lowest BCUT2D eigenvalue weighted by Gasteiger charge is -2.27. The van der Waals surface area contributed by atoms with Crippen LogP contribution in [0.5, 0.6) is 0 Å². The summed E-state index contributed by atoms with van der Waals surface area (Å²) in [7, 11) is 3.65. The second-order valence-electron chi connectivity index (χ2n) is 12.4. The summed E-state index contributed by atoms with van der Waals surface area (Å²) in [5.74, 6) is -0.417. The van der Waals surface area contributed by atoms with Gasteiger partial charge in [0.15, 0.2) is 12.2 Å². The number of carbonyl (C=O) groups is 2. The summed E-state index contributed by atoms with van der Waals surface area (Å²) in [5, 5.41) is 6.18. The van der Waals surface area contributed by atoms with E-state index in [2.05, 4.69) is 48.8 Å². The van der Waals surface area contributed by atoms with Crippen molar-refractivity contribution in [1.29, 1.82) is 0 Å². The molecule has 0 bridgehead atoms. The third-order valence-electron chi connectivity index (χ3n) is 8.08. The molecule has 0 spiro atoms. The number of unbranched alkanes of at least 4 members (excludes halogenated alkanes) is 18. The van der Waals surface area contributed by atoms with Crippen molar-refractivity contribution >= 4 is 11.9 Å². The monoisotopic (exact) mass is 621 g/mol. The van der Waals surface area contributed by atoms with Gasteiger partial charge in [0, 0.05) is 25.9 Å². The lowest BCUT2D eigenvalue weighted by molar-refractivity contribution is -0.167. The van der Waals surface area contributed by atoms with Crippen molar-refractivity contribution in [1.82, 2.24) is 10.6 Å². The first-order chi connectivity index (χ1) is 21.6. The molecule has 0 aromatic heterocycles. The Balaban J connectivity index is 4.11. The van der Waals surface area contributed by atoms with Crippen molar-refractivity contribution in [3.63, 3.8) is 0 Å². The van der Waals surface area contributed by atoms with Gasteiger partial charge in [0.2, 0.25) is 0 Å². The van der Waals surface area contributed by atoms with Crippen LogP contribution < -0.4 is 10.6 Å². The molecule has 2 atom stereocenters. The van der Waals surface area contributed by atoms with Crippen molar-refractivity contribution in [3.8, 4) is 0 Å². The van der Waals surface area contributed by atoms with Crippen molar-refractivity contribution in [2.75, 3.05) is 27.2 Å². The molecule has 0 radical (unpaired) electrons. The summed E-state index contributed by atoms with van der Waals surface area (Å²) in [5.41, 5.74) is 0. The summed E-state index contributed by atoms with van der Waals surface area (Å²) >= 11 is 0. The maximum atomic E-state index is 12.6. The number of esters is 2. The molecule has 0 saturated carbocycles. The van der Waals surface area contributed by atoms with Gasteiger partial charge < -0.3 is 20.1 Å². The van der Waals surface area contributed by atoms with Crippen LogP contribution in [0.1, 0.15) is 168 Å². The first-order valence-electron chi connectivity index (χ1n) is 18.6. The number of ether oxygens (including phenoxy) is 2. The molecule has 2 unspecified atom stereocenters. The fraction of sp³-hybridized carbons (Fsp3) is 0.842. The molecule has 0 fully saturated rings. The third-order valence-corrected chi connectivity index (χ3v) is 8.08. The highest BCUT2D eigenvalue weighted by Gasteiger charge is 2.27. The average molecular weight is 621 g/mol. The first kappa shape index (κ1) is 42.3. The maximum absolute atomic E-state index is 12.6. The fourth-order valence-corrected chi connectivity index (χ4v) is 5.33. The van der Waals surface area contributed by atoms with Crippen molar-refractivity contribution in [3.05, 3.63) is 24.3 Å². The van der Waals surface area contributed by atoms with Crippen molar-refractivity contribution in [2.24, 2.45) is 0 Å². The lowest BCUT2D eigenvalue weighted by Crippen LogP contribution is -2.46. The number of hydrogen-bond donors (Lipinski definition) is 2. The summed E-state index contributed by atoms with van der Waals surface area (Å²) in [6.45, 7) is 5.40. The van der Waals surface area contributed by atoms with Crippen LogP contribution in [0.3, 0.4) is 0 Å². The Morgan fingerprint density at radius 2 is 0.773 bits per heavy atom. The van der Waals surface area contributed by atoms with E-state index in [-0.39, 0.29) is 11.9 Å². The predicted octanol–water partition coefficient (Wildman–Crippen LogP) is 9.76. The Hall–Kier alpha value is -1.66. The third kappa shape index (κ3) is 29.1. The molecule has 6 heteroatoms. The maximum Gasteiger partial charge on any atom is 0.306 e.